The minimum atomic E-state index is -3.92. The van der Waals surface area contributed by atoms with E-state index in [2.05, 4.69) is 4.72 Å². The maximum Gasteiger partial charge on any atom is 0.263 e. The third kappa shape index (κ3) is 3.02. The molecule has 0 fully saturated rings. The maximum absolute atomic E-state index is 13.2. The first-order valence-corrected chi connectivity index (χ1v) is 7.41. The Morgan fingerprint density at radius 3 is 2.55 bits per heavy atom. The van der Waals surface area contributed by atoms with Gasteiger partial charge in [-0.1, -0.05) is 23.7 Å². The Balaban J connectivity index is 2.44. The second-order valence-electron chi connectivity index (χ2n) is 3.88. The van der Waals surface area contributed by atoms with Crippen molar-refractivity contribution in [2.75, 3.05) is 11.8 Å². The summed E-state index contributed by atoms with van der Waals surface area (Å²) < 4.78 is 44.9. The first-order valence-electron chi connectivity index (χ1n) is 5.55. The van der Waals surface area contributed by atoms with Gasteiger partial charge in [-0.15, -0.1) is 0 Å². The SMILES string of the molecule is COc1ccc(F)cc1NS(=O)(=O)c1ccccc1Cl. The van der Waals surface area contributed by atoms with Crippen LogP contribution in [0.2, 0.25) is 5.02 Å². The Morgan fingerprint density at radius 1 is 1.20 bits per heavy atom. The molecule has 0 aliphatic heterocycles. The number of nitrogens with one attached hydrogen (secondary N) is 1. The summed E-state index contributed by atoms with van der Waals surface area (Å²) in [6, 6.07) is 9.52. The van der Waals surface area contributed by atoms with Gasteiger partial charge in [0.05, 0.1) is 17.8 Å². The standard InChI is InChI=1S/C13H11ClFNO3S/c1-19-12-7-6-9(15)8-11(12)16-20(17,18)13-5-3-2-4-10(13)14/h2-8,16H,1H3. The Kier molecular flexibility index (Phi) is 4.15. The highest BCUT2D eigenvalue weighted by Crippen LogP contribution is 2.29. The molecule has 0 unspecified atom stereocenters. The zero-order valence-electron chi connectivity index (χ0n) is 10.4. The fourth-order valence-corrected chi connectivity index (χ4v) is 3.20. The second kappa shape index (κ2) is 5.68. The predicted molar refractivity (Wildman–Crippen MR) is 75.2 cm³/mol. The van der Waals surface area contributed by atoms with E-state index in [1.807, 2.05) is 0 Å². The van der Waals surface area contributed by atoms with Crippen LogP contribution >= 0.6 is 11.6 Å². The molecule has 0 saturated heterocycles. The monoisotopic (exact) mass is 315 g/mol. The molecule has 1 N–H and O–H groups in total. The minimum Gasteiger partial charge on any atom is -0.495 e. The molecule has 0 aliphatic carbocycles. The smallest absolute Gasteiger partial charge is 0.263 e. The van der Waals surface area contributed by atoms with Gasteiger partial charge in [-0.25, -0.2) is 12.8 Å². The molecule has 0 atom stereocenters. The summed E-state index contributed by atoms with van der Waals surface area (Å²) in [5.74, 6) is -0.371. The van der Waals surface area contributed by atoms with Crippen molar-refractivity contribution in [2.45, 2.75) is 4.90 Å². The molecule has 0 radical (unpaired) electrons. The zero-order valence-corrected chi connectivity index (χ0v) is 12.0. The summed E-state index contributed by atoms with van der Waals surface area (Å²) in [6.07, 6.45) is 0. The number of ether oxygens (including phenoxy) is 1. The lowest BCUT2D eigenvalue weighted by molar-refractivity contribution is 0.416. The van der Waals surface area contributed by atoms with Gasteiger partial charge in [-0.05, 0) is 24.3 Å². The van der Waals surface area contributed by atoms with Crippen molar-refractivity contribution in [3.05, 3.63) is 53.3 Å². The molecule has 0 aliphatic rings. The number of methoxy groups -OCH3 is 1. The van der Waals surface area contributed by atoms with Crippen LogP contribution in [0, 0.1) is 5.82 Å². The highest BCUT2D eigenvalue weighted by atomic mass is 35.5. The van der Waals surface area contributed by atoms with Crippen molar-refractivity contribution in [3.8, 4) is 5.75 Å². The number of hydrogen-bond donors (Lipinski definition) is 1. The summed E-state index contributed by atoms with van der Waals surface area (Å²) >= 11 is 5.86. The summed E-state index contributed by atoms with van der Waals surface area (Å²) in [6.45, 7) is 0. The van der Waals surface area contributed by atoms with E-state index in [1.54, 1.807) is 12.1 Å². The normalized spacial score (nSPS) is 11.2. The Hall–Kier alpha value is -1.79. The van der Waals surface area contributed by atoms with Crippen LogP contribution in [0.15, 0.2) is 47.4 Å². The summed E-state index contributed by atoms with van der Waals surface area (Å²) in [5.41, 5.74) is 0.00687. The number of anilines is 1. The lowest BCUT2D eigenvalue weighted by Crippen LogP contribution is -2.14. The molecular weight excluding hydrogens is 305 g/mol. The number of halogens is 2. The molecule has 7 heteroatoms. The number of sulfonamides is 1. The van der Waals surface area contributed by atoms with Gasteiger partial charge >= 0.3 is 0 Å². The molecule has 0 spiro atoms. The van der Waals surface area contributed by atoms with Crippen molar-refractivity contribution < 1.29 is 17.5 Å². The van der Waals surface area contributed by atoms with Crippen LogP contribution in [-0.2, 0) is 10.0 Å². The molecule has 0 saturated carbocycles. The fraction of sp³-hybridized carbons (Fsp3) is 0.0769. The Labute approximate surface area is 121 Å². The molecule has 2 aromatic rings. The Morgan fingerprint density at radius 2 is 1.90 bits per heavy atom. The molecule has 106 valence electrons. The van der Waals surface area contributed by atoms with E-state index in [4.69, 9.17) is 16.3 Å². The van der Waals surface area contributed by atoms with Gasteiger partial charge in [-0.3, -0.25) is 4.72 Å². The van der Waals surface area contributed by atoms with E-state index in [1.165, 1.54) is 31.4 Å². The van der Waals surface area contributed by atoms with Crippen LogP contribution in [0.3, 0.4) is 0 Å². The molecule has 2 rings (SSSR count). The lowest BCUT2D eigenvalue weighted by atomic mass is 10.3. The predicted octanol–water partition coefficient (Wildman–Crippen LogP) is 3.29. The summed E-state index contributed by atoms with van der Waals surface area (Å²) in [7, 11) is -2.56. The molecule has 20 heavy (non-hydrogen) atoms. The Bertz CT molecular complexity index is 734. The number of hydrogen-bond acceptors (Lipinski definition) is 3. The molecular formula is C13H11ClFNO3S. The molecule has 0 bridgehead atoms. The fourth-order valence-electron chi connectivity index (χ4n) is 1.62. The van der Waals surface area contributed by atoms with Crippen LogP contribution < -0.4 is 9.46 Å². The van der Waals surface area contributed by atoms with Crippen molar-refractivity contribution in [1.29, 1.82) is 0 Å². The first kappa shape index (κ1) is 14.6. The van der Waals surface area contributed by atoms with Gasteiger partial charge in [0, 0.05) is 6.07 Å². The van der Waals surface area contributed by atoms with Gasteiger partial charge in [0.25, 0.3) is 10.0 Å². The summed E-state index contributed by atoms with van der Waals surface area (Å²) in [5, 5.41) is 0.0790. The second-order valence-corrected chi connectivity index (χ2v) is 5.94. The van der Waals surface area contributed by atoms with E-state index in [-0.39, 0.29) is 21.4 Å². The van der Waals surface area contributed by atoms with E-state index in [0.29, 0.717) is 0 Å². The topological polar surface area (TPSA) is 55.4 Å². The quantitative estimate of drug-likeness (QED) is 0.942. The molecule has 0 amide bonds. The van der Waals surface area contributed by atoms with Crippen LogP contribution in [0.25, 0.3) is 0 Å². The molecule has 0 aromatic heterocycles. The largest absolute Gasteiger partial charge is 0.495 e. The minimum absolute atomic E-state index is 0.00687. The van der Waals surface area contributed by atoms with Crippen molar-refractivity contribution in [1.82, 2.24) is 0 Å². The van der Waals surface area contributed by atoms with Gasteiger partial charge in [-0.2, -0.15) is 0 Å². The molecule has 0 heterocycles. The average Bonchev–Trinajstić information content (AvgIpc) is 2.39. The van der Waals surface area contributed by atoms with Crippen molar-refractivity contribution >= 4 is 27.3 Å². The highest BCUT2D eigenvalue weighted by Gasteiger charge is 2.19. The molecule has 4 nitrogen and oxygen atoms in total. The number of rotatable bonds is 4. The third-order valence-corrected chi connectivity index (χ3v) is 4.40. The average molecular weight is 316 g/mol. The maximum atomic E-state index is 13.2. The van der Waals surface area contributed by atoms with Gasteiger partial charge in [0.15, 0.2) is 0 Å². The van der Waals surface area contributed by atoms with Crippen molar-refractivity contribution in [2.24, 2.45) is 0 Å². The van der Waals surface area contributed by atoms with Crippen LogP contribution in [0.1, 0.15) is 0 Å². The van der Waals surface area contributed by atoms with E-state index in [0.717, 1.165) is 6.07 Å². The third-order valence-electron chi connectivity index (χ3n) is 2.53. The van der Waals surface area contributed by atoms with Crippen LogP contribution in [0.4, 0.5) is 10.1 Å². The summed E-state index contributed by atoms with van der Waals surface area (Å²) in [4.78, 5) is -0.0898. The van der Waals surface area contributed by atoms with Crippen molar-refractivity contribution in [3.63, 3.8) is 0 Å². The first-order chi connectivity index (χ1) is 9.44. The molecule has 2 aromatic carbocycles. The van der Waals surface area contributed by atoms with Gasteiger partial charge in [0.2, 0.25) is 0 Å². The van der Waals surface area contributed by atoms with Crippen LogP contribution in [0.5, 0.6) is 5.75 Å². The zero-order chi connectivity index (χ0) is 14.8. The number of benzene rings is 2. The van der Waals surface area contributed by atoms with Gasteiger partial charge < -0.3 is 4.74 Å². The highest BCUT2D eigenvalue weighted by molar-refractivity contribution is 7.92. The lowest BCUT2D eigenvalue weighted by Gasteiger charge is -2.12. The van der Waals surface area contributed by atoms with E-state index >= 15 is 0 Å². The van der Waals surface area contributed by atoms with E-state index < -0.39 is 15.8 Å². The van der Waals surface area contributed by atoms with Crippen LogP contribution in [-0.4, -0.2) is 15.5 Å². The van der Waals surface area contributed by atoms with Gasteiger partial charge in [0.1, 0.15) is 16.5 Å². The van der Waals surface area contributed by atoms with E-state index in [9.17, 15) is 12.8 Å².